The molecule has 2 amide bonds. The van der Waals surface area contributed by atoms with Crippen LogP contribution in [-0.2, 0) is 11.3 Å². The molecule has 5 heterocycles. The number of rotatable bonds is 5. The quantitative estimate of drug-likeness (QED) is 0.146. The average molecular weight is 644 g/mol. The van der Waals surface area contributed by atoms with Gasteiger partial charge >= 0.3 is 5.69 Å². The predicted molar refractivity (Wildman–Crippen MR) is 164 cm³/mol. The van der Waals surface area contributed by atoms with Gasteiger partial charge in [0.1, 0.15) is 24.4 Å². The van der Waals surface area contributed by atoms with E-state index in [-0.39, 0.29) is 24.2 Å². The summed E-state index contributed by atoms with van der Waals surface area (Å²) in [5.74, 6) is -2.53. The third-order valence-corrected chi connectivity index (χ3v) is 9.18. The van der Waals surface area contributed by atoms with Crippen LogP contribution in [0.5, 0.6) is 0 Å². The van der Waals surface area contributed by atoms with Gasteiger partial charge in [0.25, 0.3) is 17.4 Å². The molecule has 0 spiro atoms. The van der Waals surface area contributed by atoms with Crippen LogP contribution < -0.4 is 11.2 Å². The van der Waals surface area contributed by atoms with Crippen LogP contribution in [0, 0.1) is 5.82 Å². The Balaban J connectivity index is 1.41. The second kappa shape index (κ2) is 10.4. The second-order valence-corrected chi connectivity index (χ2v) is 11.7. The minimum Gasteiger partial charge on any atom is -0.394 e. The molecule has 0 bridgehead atoms. The zero-order valence-electron chi connectivity index (χ0n) is 24.3. The van der Waals surface area contributed by atoms with Gasteiger partial charge in [-0.05, 0) is 12.1 Å². The first kappa shape index (κ1) is 29.2. The molecule has 0 saturated carbocycles. The summed E-state index contributed by atoms with van der Waals surface area (Å²) >= 11 is 0. The van der Waals surface area contributed by atoms with Crippen LogP contribution in [0.4, 0.5) is 4.39 Å². The van der Waals surface area contributed by atoms with Crippen LogP contribution in [0.15, 0.2) is 64.3 Å². The third kappa shape index (κ3) is 4.01. The Kier molecular flexibility index (Phi) is 6.48. The lowest BCUT2D eigenvalue weighted by molar-refractivity contribution is -0.249. The predicted octanol–water partition coefficient (Wildman–Crippen LogP) is 0.687. The molecule has 15 heteroatoms. The molecule has 14 nitrogen and oxygen atoms in total. The van der Waals surface area contributed by atoms with E-state index in [9.17, 15) is 44.0 Å². The number of imide groups is 1. The summed E-state index contributed by atoms with van der Waals surface area (Å²) in [5.41, 5.74) is -0.0410. The van der Waals surface area contributed by atoms with E-state index in [2.05, 4.69) is 4.98 Å². The maximum Gasteiger partial charge on any atom is 0.328 e. The number of hydrogen-bond donors (Lipinski definition) is 6. The van der Waals surface area contributed by atoms with Gasteiger partial charge < -0.3 is 34.7 Å². The maximum absolute atomic E-state index is 14.3. The van der Waals surface area contributed by atoms with Gasteiger partial charge in [-0.3, -0.25) is 28.8 Å². The topological polar surface area (TPSA) is 203 Å². The molecule has 1 saturated heterocycles. The summed E-state index contributed by atoms with van der Waals surface area (Å²) in [6.07, 6.45) is -6.80. The van der Waals surface area contributed by atoms with Crippen LogP contribution in [0.2, 0.25) is 0 Å². The number of fused-ring (bicyclic) bond motifs is 10. The van der Waals surface area contributed by atoms with Gasteiger partial charge in [0.05, 0.1) is 40.5 Å². The number of carbonyl (C=O) groups is 2. The molecule has 0 unspecified atom stereocenters. The molecule has 240 valence electrons. The highest BCUT2D eigenvalue weighted by atomic mass is 19.1. The summed E-state index contributed by atoms with van der Waals surface area (Å²) in [6.45, 7) is -1.28. The normalized spacial score (nSPS) is 23.2. The van der Waals surface area contributed by atoms with Crippen molar-refractivity contribution in [1.82, 2.24) is 24.0 Å². The lowest BCUT2D eigenvalue weighted by Gasteiger charge is -2.41. The SMILES string of the molecule is O=C1c2c(c3c4ccccc4n([C@@H]4O[C@H](CO)[C@@H](O)[C@H](O)[C@H]4O)c3c3[nH]c4ccccc4c23)C(=O)N1CCn1cc(F)c(=O)[nH]c1=O. The maximum atomic E-state index is 14.3. The van der Waals surface area contributed by atoms with Gasteiger partial charge in [-0.25, -0.2) is 4.79 Å². The fourth-order valence-electron chi connectivity index (χ4n) is 7.00. The number of aromatic nitrogens is 4. The van der Waals surface area contributed by atoms with Crippen molar-refractivity contribution in [2.45, 2.75) is 37.2 Å². The van der Waals surface area contributed by atoms with Crippen LogP contribution in [0.25, 0.3) is 43.6 Å². The number of amides is 2. The Bertz CT molecular complexity index is 2430. The summed E-state index contributed by atoms with van der Waals surface area (Å²) in [6, 6.07) is 14.1. The fraction of sp³-hybridized carbons (Fsp3) is 0.250. The summed E-state index contributed by atoms with van der Waals surface area (Å²) in [7, 11) is 0. The van der Waals surface area contributed by atoms with E-state index < -0.39 is 66.1 Å². The Morgan fingerprint density at radius 1 is 0.809 bits per heavy atom. The largest absolute Gasteiger partial charge is 0.394 e. The van der Waals surface area contributed by atoms with Crippen molar-refractivity contribution >= 4 is 55.4 Å². The standard InChI is InChI=1S/C32H26FN5O9/c33-15-11-36(32(46)35-28(15)43)9-10-37-29(44)21-19-13-5-1-3-7-16(13)34-23(19)24-20(22(21)30(37)45)14-6-2-4-8-17(14)38(24)31-27(42)26(41)25(40)18(12-39)47-31/h1-8,11,18,25-27,31,34,39-42H,9-10,12H2,(H,35,43,46)/t18-,25-,26+,27-,31-/m1/s1. The monoisotopic (exact) mass is 643 g/mol. The Hall–Kier alpha value is -5.19. The van der Waals surface area contributed by atoms with E-state index in [4.69, 9.17) is 4.74 Å². The van der Waals surface area contributed by atoms with Crippen LogP contribution >= 0.6 is 0 Å². The molecule has 0 radical (unpaired) electrons. The van der Waals surface area contributed by atoms with Crippen molar-refractivity contribution in [1.29, 1.82) is 0 Å². The third-order valence-electron chi connectivity index (χ3n) is 9.18. The molecule has 6 aromatic rings. The van der Waals surface area contributed by atoms with Gasteiger partial charge in [0, 0.05) is 40.2 Å². The van der Waals surface area contributed by atoms with Crippen molar-refractivity contribution in [2.75, 3.05) is 13.2 Å². The first-order chi connectivity index (χ1) is 22.6. The Labute approximate surface area is 261 Å². The minimum absolute atomic E-state index is 0.0572. The zero-order valence-corrected chi connectivity index (χ0v) is 24.3. The number of aliphatic hydroxyl groups is 4. The number of H-pyrrole nitrogens is 2. The lowest BCUT2D eigenvalue weighted by atomic mass is 9.96. The van der Waals surface area contributed by atoms with Crippen molar-refractivity contribution in [2.24, 2.45) is 0 Å². The van der Waals surface area contributed by atoms with Gasteiger partial charge in [0.2, 0.25) is 5.82 Å². The molecule has 1 fully saturated rings. The number of para-hydroxylation sites is 2. The molecule has 3 aromatic carbocycles. The highest BCUT2D eigenvalue weighted by molar-refractivity contribution is 6.39. The molecular weight excluding hydrogens is 617 g/mol. The fourth-order valence-corrected chi connectivity index (χ4v) is 7.00. The smallest absolute Gasteiger partial charge is 0.328 e. The summed E-state index contributed by atoms with van der Waals surface area (Å²) in [4.78, 5) is 58.5. The molecule has 2 aliphatic heterocycles. The van der Waals surface area contributed by atoms with Gasteiger partial charge in [-0.15, -0.1) is 0 Å². The lowest BCUT2D eigenvalue weighted by Crippen LogP contribution is -2.56. The molecule has 3 aromatic heterocycles. The van der Waals surface area contributed by atoms with Crippen molar-refractivity contribution in [3.8, 4) is 0 Å². The number of ether oxygens (including phenoxy) is 1. The van der Waals surface area contributed by atoms with Crippen molar-refractivity contribution < 1.29 is 39.1 Å². The van der Waals surface area contributed by atoms with Crippen LogP contribution in [-0.4, -0.2) is 93.8 Å². The Morgan fingerprint density at radius 2 is 1.49 bits per heavy atom. The zero-order chi connectivity index (χ0) is 32.9. The second-order valence-electron chi connectivity index (χ2n) is 11.7. The Morgan fingerprint density at radius 3 is 2.23 bits per heavy atom. The van der Waals surface area contributed by atoms with Crippen LogP contribution in [0.1, 0.15) is 26.9 Å². The first-order valence-corrected chi connectivity index (χ1v) is 14.8. The van der Waals surface area contributed by atoms with Gasteiger partial charge in [-0.1, -0.05) is 36.4 Å². The number of carbonyl (C=O) groups excluding carboxylic acids is 2. The summed E-state index contributed by atoms with van der Waals surface area (Å²) in [5, 5.41) is 44.3. The molecular formula is C32H26FN5O9. The highest BCUT2D eigenvalue weighted by Gasteiger charge is 2.47. The van der Waals surface area contributed by atoms with Gasteiger partial charge in [-0.2, -0.15) is 4.39 Å². The number of aromatic amines is 2. The van der Waals surface area contributed by atoms with Gasteiger partial charge in [0.15, 0.2) is 6.23 Å². The number of halogens is 1. The number of benzene rings is 3. The van der Waals surface area contributed by atoms with Crippen molar-refractivity contribution in [3.63, 3.8) is 0 Å². The van der Waals surface area contributed by atoms with E-state index in [0.29, 0.717) is 49.8 Å². The molecule has 0 aliphatic carbocycles. The van der Waals surface area contributed by atoms with E-state index >= 15 is 0 Å². The number of hydrogen-bond acceptors (Lipinski definition) is 9. The minimum atomic E-state index is -1.69. The van der Waals surface area contributed by atoms with Crippen LogP contribution in [0.3, 0.4) is 0 Å². The van der Waals surface area contributed by atoms with E-state index in [1.54, 1.807) is 53.1 Å². The number of nitrogens with zero attached hydrogens (tertiary/aromatic N) is 3. The molecule has 8 rings (SSSR count). The molecule has 47 heavy (non-hydrogen) atoms. The summed E-state index contributed by atoms with van der Waals surface area (Å²) < 4.78 is 22.4. The van der Waals surface area contributed by atoms with Crippen molar-refractivity contribution in [3.05, 3.63) is 92.5 Å². The average Bonchev–Trinajstić information content (AvgIpc) is 3.69. The van der Waals surface area contributed by atoms with E-state index in [1.165, 1.54) is 0 Å². The van der Waals surface area contributed by atoms with E-state index in [0.717, 1.165) is 9.47 Å². The molecule has 5 atom stereocenters. The highest BCUT2D eigenvalue weighted by Crippen LogP contribution is 2.47. The molecule has 2 aliphatic rings. The van der Waals surface area contributed by atoms with E-state index in [1.807, 2.05) is 4.98 Å². The molecule has 6 N–H and O–H groups in total. The number of aliphatic hydroxyl groups excluding tert-OH is 4. The number of nitrogens with one attached hydrogen (secondary N) is 2. The first-order valence-electron chi connectivity index (χ1n) is 14.8.